The first-order valence-corrected chi connectivity index (χ1v) is 9.16. The van der Waals surface area contributed by atoms with Crippen LogP contribution >= 0.6 is 11.8 Å². The van der Waals surface area contributed by atoms with Gasteiger partial charge in [-0.15, -0.1) is 0 Å². The van der Waals surface area contributed by atoms with Crippen molar-refractivity contribution in [3.63, 3.8) is 0 Å². The average molecular weight is 300 g/mol. The highest BCUT2D eigenvalue weighted by Crippen LogP contribution is 2.25. The zero-order valence-corrected chi connectivity index (χ0v) is 12.5. The largest absolute Gasteiger partial charge is 0.326 e. The summed E-state index contributed by atoms with van der Waals surface area (Å²) in [7, 11) is -3.24. The van der Waals surface area contributed by atoms with E-state index in [2.05, 4.69) is 4.72 Å². The summed E-state index contributed by atoms with van der Waals surface area (Å²) < 4.78 is 26.6. The van der Waals surface area contributed by atoms with Crippen LogP contribution in [0.15, 0.2) is 24.3 Å². The van der Waals surface area contributed by atoms with Crippen LogP contribution in [0, 0.1) is 0 Å². The van der Waals surface area contributed by atoms with Crippen molar-refractivity contribution in [1.29, 1.82) is 0 Å². The van der Waals surface area contributed by atoms with Crippen molar-refractivity contribution in [2.45, 2.75) is 30.4 Å². The Balaban J connectivity index is 1.88. The molecule has 4 nitrogen and oxygen atoms in total. The highest BCUT2D eigenvalue weighted by Gasteiger charge is 2.19. The molecule has 1 heterocycles. The van der Waals surface area contributed by atoms with Gasteiger partial charge in [0.2, 0.25) is 10.0 Å². The van der Waals surface area contributed by atoms with Gasteiger partial charge in [-0.25, -0.2) is 13.1 Å². The van der Waals surface area contributed by atoms with Crippen LogP contribution in [0.2, 0.25) is 0 Å². The molecule has 106 valence electrons. The maximum absolute atomic E-state index is 12.0. The van der Waals surface area contributed by atoms with E-state index in [1.807, 2.05) is 36.0 Å². The van der Waals surface area contributed by atoms with E-state index >= 15 is 0 Å². The summed E-state index contributed by atoms with van der Waals surface area (Å²) in [6, 6.07) is 7.40. The third-order valence-electron chi connectivity index (χ3n) is 3.17. The molecule has 0 aliphatic carbocycles. The van der Waals surface area contributed by atoms with Crippen LogP contribution in [0.25, 0.3) is 0 Å². The molecule has 6 heteroatoms. The summed E-state index contributed by atoms with van der Waals surface area (Å²) in [5, 5.41) is 0.439. The Hall–Kier alpha value is -0.560. The maximum Gasteiger partial charge on any atom is 0.215 e. The minimum atomic E-state index is -3.24. The van der Waals surface area contributed by atoms with Gasteiger partial charge in [0.15, 0.2) is 0 Å². The number of rotatable bonds is 6. The van der Waals surface area contributed by atoms with Gasteiger partial charge in [0.25, 0.3) is 0 Å². The van der Waals surface area contributed by atoms with Gasteiger partial charge in [-0.3, -0.25) is 0 Å². The fourth-order valence-electron chi connectivity index (χ4n) is 2.07. The molecule has 0 aromatic heterocycles. The molecule has 19 heavy (non-hydrogen) atoms. The fraction of sp³-hybridized carbons (Fsp3) is 0.538. The van der Waals surface area contributed by atoms with Crippen LogP contribution in [0.3, 0.4) is 0 Å². The van der Waals surface area contributed by atoms with Crippen LogP contribution < -0.4 is 10.5 Å². The van der Waals surface area contributed by atoms with Crippen LogP contribution in [-0.2, 0) is 22.3 Å². The van der Waals surface area contributed by atoms with Crippen molar-refractivity contribution in [2.75, 3.05) is 12.3 Å². The zero-order valence-electron chi connectivity index (χ0n) is 10.8. The first-order chi connectivity index (χ1) is 9.09. The van der Waals surface area contributed by atoms with Gasteiger partial charge in [-0.1, -0.05) is 24.3 Å². The van der Waals surface area contributed by atoms with E-state index in [9.17, 15) is 8.42 Å². The second-order valence-electron chi connectivity index (χ2n) is 4.76. The predicted molar refractivity (Wildman–Crippen MR) is 80.4 cm³/mol. The second kappa shape index (κ2) is 6.74. The lowest BCUT2D eigenvalue weighted by molar-refractivity contribution is 0.578. The molecule has 0 bridgehead atoms. The van der Waals surface area contributed by atoms with Crippen LogP contribution in [0.5, 0.6) is 0 Å². The van der Waals surface area contributed by atoms with Crippen molar-refractivity contribution >= 4 is 21.8 Å². The zero-order chi connectivity index (χ0) is 13.7. The molecule has 1 aromatic carbocycles. The van der Waals surface area contributed by atoms with Crippen LogP contribution in [-0.4, -0.2) is 26.0 Å². The Morgan fingerprint density at radius 2 is 1.95 bits per heavy atom. The van der Waals surface area contributed by atoms with Gasteiger partial charge in [-0.05, 0) is 29.7 Å². The Kier molecular flexibility index (Phi) is 5.27. The number of nitrogens with two attached hydrogens (primary N) is 1. The lowest BCUT2D eigenvalue weighted by Gasteiger charge is -2.11. The number of hydrogen-bond acceptors (Lipinski definition) is 4. The topological polar surface area (TPSA) is 72.2 Å². The van der Waals surface area contributed by atoms with Crippen molar-refractivity contribution < 1.29 is 8.42 Å². The standard InChI is InChI=1S/C13H20N2O2S2/c14-8-11-3-5-12(6-4-11)10-19(16,17)15-9-13-2-1-7-18-13/h3-6,13,15H,1-2,7-10,14H2. The minimum Gasteiger partial charge on any atom is -0.326 e. The summed E-state index contributed by atoms with van der Waals surface area (Å²) in [6.45, 7) is 1.03. The van der Waals surface area contributed by atoms with Crippen molar-refractivity contribution in [2.24, 2.45) is 5.73 Å². The SMILES string of the molecule is NCc1ccc(CS(=O)(=O)NCC2CCCS2)cc1. The molecule has 3 N–H and O–H groups in total. The Morgan fingerprint density at radius 1 is 1.26 bits per heavy atom. The molecule has 0 amide bonds. The van der Waals surface area contributed by atoms with E-state index in [-0.39, 0.29) is 5.75 Å². The summed E-state index contributed by atoms with van der Waals surface area (Å²) in [4.78, 5) is 0. The van der Waals surface area contributed by atoms with E-state index in [1.54, 1.807) is 0 Å². The lowest BCUT2D eigenvalue weighted by Crippen LogP contribution is -2.30. The number of thioether (sulfide) groups is 1. The molecule has 1 saturated heterocycles. The van der Waals surface area contributed by atoms with Crippen molar-refractivity contribution in [3.05, 3.63) is 35.4 Å². The third-order valence-corrected chi connectivity index (χ3v) is 5.89. The van der Waals surface area contributed by atoms with Gasteiger partial charge in [0.1, 0.15) is 0 Å². The van der Waals surface area contributed by atoms with Gasteiger partial charge >= 0.3 is 0 Å². The molecule has 1 atom stereocenters. The predicted octanol–water partition coefficient (Wildman–Crippen LogP) is 1.46. The molecule has 1 fully saturated rings. The van der Waals surface area contributed by atoms with Crippen LogP contribution in [0.1, 0.15) is 24.0 Å². The van der Waals surface area contributed by atoms with Crippen molar-refractivity contribution in [1.82, 2.24) is 4.72 Å². The molecule has 0 spiro atoms. The molecule has 1 unspecified atom stereocenters. The molecule has 0 saturated carbocycles. The number of nitrogens with one attached hydrogen (secondary N) is 1. The maximum atomic E-state index is 12.0. The summed E-state index contributed by atoms with van der Waals surface area (Å²) in [5.41, 5.74) is 7.32. The second-order valence-corrected chi connectivity index (χ2v) is 7.98. The summed E-state index contributed by atoms with van der Waals surface area (Å²) >= 11 is 1.85. The fourth-order valence-corrected chi connectivity index (χ4v) is 4.56. The Labute approximate surface area is 119 Å². The highest BCUT2D eigenvalue weighted by atomic mass is 32.2. The van der Waals surface area contributed by atoms with Crippen LogP contribution in [0.4, 0.5) is 0 Å². The highest BCUT2D eigenvalue weighted by molar-refractivity contribution is 8.00. The molecule has 1 aliphatic rings. The molecular weight excluding hydrogens is 280 g/mol. The normalized spacial score (nSPS) is 19.7. The molecule has 1 aliphatic heterocycles. The van der Waals surface area contributed by atoms with E-state index in [0.717, 1.165) is 23.3 Å². The smallest absolute Gasteiger partial charge is 0.215 e. The third kappa shape index (κ3) is 4.80. The van der Waals surface area contributed by atoms with Gasteiger partial charge in [0.05, 0.1) is 5.75 Å². The first-order valence-electron chi connectivity index (χ1n) is 6.46. The average Bonchev–Trinajstić information content (AvgIpc) is 2.90. The van der Waals surface area contributed by atoms with Gasteiger partial charge in [0, 0.05) is 18.3 Å². The molecule has 0 radical (unpaired) electrons. The van der Waals surface area contributed by atoms with Gasteiger partial charge in [-0.2, -0.15) is 11.8 Å². The quantitative estimate of drug-likeness (QED) is 0.834. The Bertz CT molecular complexity index is 494. The molecular formula is C13H20N2O2S2. The Morgan fingerprint density at radius 3 is 2.53 bits per heavy atom. The number of sulfonamides is 1. The first kappa shape index (κ1) is 14.8. The lowest BCUT2D eigenvalue weighted by atomic mass is 10.1. The monoisotopic (exact) mass is 300 g/mol. The summed E-state index contributed by atoms with van der Waals surface area (Å²) in [6.07, 6.45) is 2.30. The van der Waals surface area contributed by atoms with E-state index in [1.165, 1.54) is 6.42 Å². The summed E-state index contributed by atoms with van der Waals surface area (Å²) in [5.74, 6) is 1.18. The van der Waals surface area contributed by atoms with E-state index in [0.29, 0.717) is 18.3 Å². The minimum absolute atomic E-state index is 0.0369. The molecule has 2 rings (SSSR count). The van der Waals surface area contributed by atoms with E-state index < -0.39 is 10.0 Å². The molecule has 1 aromatic rings. The number of benzene rings is 1. The van der Waals surface area contributed by atoms with Crippen molar-refractivity contribution in [3.8, 4) is 0 Å². The van der Waals surface area contributed by atoms with Gasteiger partial charge < -0.3 is 5.73 Å². The van der Waals surface area contributed by atoms with E-state index in [4.69, 9.17) is 5.73 Å². The number of hydrogen-bond donors (Lipinski definition) is 2.